The summed E-state index contributed by atoms with van der Waals surface area (Å²) in [5.41, 5.74) is 0.0521. The molecule has 0 spiro atoms. The predicted molar refractivity (Wildman–Crippen MR) is 69.3 cm³/mol. The van der Waals surface area contributed by atoms with Crippen molar-refractivity contribution in [1.82, 2.24) is 0 Å². The maximum atomic E-state index is 11.4. The van der Waals surface area contributed by atoms with Crippen LogP contribution < -0.4 is 0 Å². The van der Waals surface area contributed by atoms with E-state index in [1.54, 1.807) is 0 Å². The van der Waals surface area contributed by atoms with Gasteiger partial charge in [0.25, 0.3) is 0 Å². The topological polar surface area (TPSA) is 141 Å². The largest absolute Gasteiger partial charge is 0.465 e. The number of esters is 1. The number of hydrogen-bond acceptors (Lipinski definition) is 4. The first kappa shape index (κ1) is 17.0. The van der Waals surface area contributed by atoms with Crippen molar-refractivity contribution < 1.29 is 38.2 Å². The lowest BCUT2D eigenvalue weighted by Crippen LogP contribution is -2.06. The zero-order chi connectivity index (χ0) is 15.7. The summed E-state index contributed by atoms with van der Waals surface area (Å²) >= 11 is 0. The van der Waals surface area contributed by atoms with Crippen molar-refractivity contribution >= 4 is 21.2 Å². The van der Waals surface area contributed by atoms with E-state index >= 15 is 0 Å². The summed E-state index contributed by atoms with van der Waals surface area (Å²) in [6, 6.07) is 3.59. The summed E-state index contributed by atoms with van der Waals surface area (Å²) in [5.74, 6) is -0.773. The molecule has 0 aliphatic heterocycles. The molecule has 0 saturated heterocycles. The van der Waals surface area contributed by atoms with E-state index in [-0.39, 0.29) is 11.1 Å². The van der Waals surface area contributed by atoms with Gasteiger partial charge in [0.15, 0.2) is 5.40 Å². The van der Waals surface area contributed by atoms with E-state index in [9.17, 15) is 13.9 Å². The molecule has 10 heteroatoms. The van der Waals surface area contributed by atoms with Crippen LogP contribution in [0.5, 0.6) is 0 Å². The number of benzene rings is 1. The lowest BCUT2D eigenvalue weighted by Gasteiger charge is -2.20. The van der Waals surface area contributed by atoms with E-state index in [2.05, 4.69) is 4.74 Å². The highest BCUT2D eigenvalue weighted by Gasteiger charge is 2.44. The minimum atomic E-state index is -5.11. The van der Waals surface area contributed by atoms with Crippen LogP contribution in [0.1, 0.15) is 26.9 Å². The fourth-order valence-electron chi connectivity index (χ4n) is 1.78. The van der Waals surface area contributed by atoms with Crippen LogP contribution in [0.15, 0.2) is 18.2 Å². The molecule has 20 heavy (non-hydrogen) atoms. The summed E-state index contributed by atoms with van der Waals surface area (Å²) in [6.45, 7) is 1.52. The van der Waals surface area contributed by atoms with Crippen LogP contribution in [0.4, 0.5) is 0 Å². The lowest BCUT2D eigenvalue weighted by atomic mass is 10.1. The SMILES string of the molecule is COC(=O)c1cc(C)cc(C(P(=O)(O)O)P(=O)(O)O)c1. The quantitative estimate of drug-likeness (QED) is 0.477. The Kier molecular flexibility index (Phi) is 4.92. The van der Waals surface area contributed by atoms with Gasteiger partial charge in [-0.05, 0) is 30.2 Å². The molecule has 0 amide bonds. The summed E-state index contributed by atoms with van der Waals surface area (Å²) < 4.78 is 27.1. The van der Waals surface area contributed by atoms with Gasteiger partial charge in [-0.15, -0.1) is 0 Å². The molecule has 0 bridgehead atoms. The minimum absolute atomic E-state index is 0.0469. The number of rotatable bonds is 4. The smallest absolute Gasteiger partial charge is 0.345 e. The highest BCUT2D eigenvalue weighted by Crippen LogP contribution is 2.69. The highest BCUT2D eigenvalue weighted by molar-refractivity contribution is 7.70. The summed E-state index contributed by atoms with van der Waals surface area (Å²) in [6.07, 6.45) is 0. The van der Waals surface area contributed by atoms with E-state index in [0.29, 0.717) is 5.56 Å². The Labute approximate surface area is 114 Å². The summed E-state index contributed by atoms with van der Waals surface area (Å²) in [7, 11) is -9.11. The average molecular weight is 324 g/mol. The Hall–Kier alpha value is -1.01. The molecule has 0 fully saturated rings. The molecule has 1 aromatic rings. The first-order valence-electron chi connectivity index (χ1n) is 5.27. The second kappa shape index (κ2) is 5.77. The normalized spacial score (nSPS) is 12.6. The third-order valence-electron chi connectivity index (χ3n) is 2.46. The molecule has 1 rings (SSSR count). The van der Waals surface area contributed by atoms with Crippen LogP contribution in [-0.2, 0) is 13.9 Å². The number of carbonyl (C=O) groups is 1. The second-order valence-electron chi connectivity index (χ2n) is 4.18. The summed E-state index contributed by atoms with van der Waals surface area (Å²) in [5, 5.41) is -2.31. The molecule has 112 valence electrons. The molecule has 0 heterocycles. The molecule has 0 aliphatic carbocycles. The molecule has 0 aromatic heterocycles. The fraction of sp³-hybridized carbons (Fsp3) is 0.300. The Morgan fingerprint density at radius 2 is 1.60 bits per heavy atom. The first-order chi connectivity index (χ1) is 8.96. The number of carbonyl (C=O) groups excluding carboxylic acids is 1. The van der Waals surface area contributed by atoms with Gasteiger partial charge in [-0.2, -0.15) is 0 Å². The van der Waals surface area contributed by atoms with Crippen LogP contribution >= 0.6 is 15.2 Å². The molecule has 0 atom stereocenters. The Balaban J connectivity index is 3.50. The van der Waals surface area contributed by atoms with E-state index in [1.165, 1.54) is 19.1 Å². The molecule has 0 unspecified atom stereocenters. The van der Waals surface area contributed by atoms with Crippen molar-refractivity contribution in [1.29, 1.82) is 0 Å². The van der Waals surface area contributed by atoms with Crippen LogP contribution in [0.2, 0.25) is 0 Å². The lowest BCUT2D eigenvalue weighted by molar-refractivity contribution is 0.0600. The van der Waals surface area contributed by atoms with E-state index in [4.69, 9.17) is 19.6 Å². The van der Waals surface area contributed by atoms with Crippen molar-refractivity contribution in [3.05, 3.63) is 34.9 Å². The van der Waals surface area contributed by atoms with Gasteiger partial charge in [0.05, 0.1) is 12.7 Å². The fourth-order valence-corrected chi connectivity index (χ4v) is 4.42. The molecule has 1 aromatic carbocycles. The van der Waals surface area contributed by atoms with Gasteiger partial charge in [0, 0.05) is 0 Å². The first-order valence-corrected chi connectivity index (χ1v) is 8.63. The molecular weight excluding hydrogens is 310 g/mol. The van der Waals surface area contributed by atoms with Crippen molar-refractivity contribution in [2.24, 2.45) is 0 Å². The third-order valence-corrected chi connectivity index (χ3v) is 6.13. The molecule has 0 aliphatic rings. The van der Waals surface area contributed by atoms with Crippen LogP contribution in [0.3, 0.4) is 0 Å². The van der Waals surface area contributed by atoms with Gasteiger partial charge < -0.3 is 24.3 Å². The van der Waals surface area contributed by atoms with Crippen molar-refractivity contribution in [2.45, 2.75) is 12.3 Å². The van der Waals surface area contributed by atoms with Gasteiger partial charge in [0.1, 0.15) is 0 Å². The Bertz CT molecular complexity index is 592. The average Bonchev–Trinajstić information content (AvgIpc) is 2.22. The molecule has 8 nitrogen and oxygen atoms in total. The van der Waals surface area contributed by atoms with E-state index in [1.807, 2.05) is 0 Å². The Morgan fingerprint density at radius 1 is 1.10 bits per heavy atom. The molecule has 0 saturated carbocycles. The number of ether oxygens (including phenoxy) is 1. The summed E-state index contributed by atoms with van der Waals surface area (Å²) in [4.78, 5) is 48.0. The van der Waals surface area contributed by atoms with Crippen LogP contribution in [-0.4, -0.2) is 32.7 Å². The van der Waals surface area contributed by atoms with Gasteiger partial charge in [-0.1, -0.05) is 6.07 Å². The zero-order valence-electron chi connectivity index (χ0n) is 10.6. The number of aryl methyl sites for hydroxylation is 1. The molecular formula is C10H14O8P2. The van der Waals surface area contributed by atoms with Gasteiger partial charge in [-0.25, -0.2) is 4.79 Å². The van der Waals surface area contributed by atoms with Gasteiger partial charge in [0.2, 0.25) is 0 Å². The molecule has 4 N–H and O–H groups in total. The molecule has 0 radical (unpaired) electrons. The van der Waals surface area contributed by atoms with Crippen molar-refractivity contribution in [2.75, 3.05) is 7.11 Å². The Morgan fingerprint density at radius 3 is 2.00 bits per heavy atom. The maximum Gasteiger partial charge on any atom is 0.345 e. The van der Waals surface area contributed by atoms with E-state index < -0.39 is 26.6 Å². The zero-order valence-corrected chi connectivity index (χ0v) is 12.4. The van der Waals surface area contributed by atoms with Gasteiger partial charge >= 0.3 is 21.2 Å². The minimum Gasteiger partial charge on any atom is -0.465 e. The van der Waals surface area contributed by atoms with Crippen molar-refractivity contribution in [3.8, 4) is 0 Å². The van der Waals surface area contributed by atoms with Gasteiger partial charge in [-0.3, -0.25) is 9.13 Å². The third kappa shape index (κ3) is 3.99. The maximum absolute atomic E-state index is 11.4. The standard InChI is InChI=1S/C10H14O8P2/c1-6-3-7(9(11)18-2)5-8(4-6)10(19(12,13)14)20(15,16)17/h3-5,10H,1-2H3,(H2,12,13,14)(H2,15,16,17). The van der Waals surface area contributed by atoms with Crippen molar-refractivity contribution in [3.63, 3.8) is 0 Å². The second-order valence-corrected chi connectivity index (χ2v) is 7.97. The van der Waals surface area contributed by atoms with Crippen LogP contribution in [0, 0.1) is 6.92 Å². The number of methoxy groups -OCH3 is 1. The monoisotopic (exact) mass is 324 g/mol. The van der Waals surface area contributed by atoms with E-state index in [0.717, 1.165) is 13.2 Å². The van der Waals surface area contributed by atoms with Crippen LogP contribution in [0.25, 0.3) is 0 Å². The predicted octanol–water partition coefficient (Wildman–Crippen LogP) is 1.14. The number of hydrogen-bond donors (Lipinski definition) is 4. The highest BCUT2D eigenvalue weighted by atomic mass is 31.2.